The van der Waals surface area contributed by atoms with Crippen LogP contribution < -0.4 is 26.3 Å². The third-order valence-corrected chi connectivity index (χ3v) is 3.99. The molecule has 11 heteroatoms. The van der Waals surface area contributed by atoms with Gasteiger partial charge in [-0.1, -0.05) is 25.4 Å². The van der Waals surface area contributed by atoms with Crippen molar-refractivity contribution in [1.29, 1.82) is 0 Å². The number of hydrogen-bond donors (Lipinski definition) is 3. The number of rotatable bonds is 10. The van der Waals surface area contributed by atoms with Crippen molar-refractivity contribution in [3.05, 3.63) is 16.7 Å². The maximum atomic E-state index is 12.6. The Bertz CT molecular complexity index is 709. The van der Waals surface area contributed by atoms with Crippen molar-refractivity contribution in [3.8, 4) is 11.5 Å². The van der Waals surface area contributed by atoms with E-state index in [9.17, 15) is 14.4 Å². The van der Waals surface area contributed by atoms with Crippen molar-refractivity contribution >= 4 is 35.1 Å². The SMILES string of the molecule is CCN(CC)CCNC(=O)c1cc(Cl)c(N)c(OC(C)=O)c1OCC(N)=O.O. The number of amides is 2. The summed E-state index contributed by atoms with van der Waals surface area (Å²) in [5, 5.41) is 2.74. The number of nitrogens with one attached hydrogen (secondary N) is 1. The molecule has 0 bridgehead atoms. The molecule has 1 rings (SSSR count). The maximum Gasteiger partial charge on any atom is 0.308 e. The predicted octanol–water partition coefficient (Wildman–Crippen LogP) is -0.0415. The number of nitrogens with zero attached hydrogens (tertiary/aromatic N) is 1. The minimum atomic E-state index is -0.773. The molecule has 0 atom stereocenters. The van der Waals surface area contributed by atoms with Crippen molar-refractivity contribution in [2.45, 2.75) is 20.8 Å². The minimum absolute atomic E-state index is 0. The van der Waals surface area contributed by atoms with Crippen molar-refractivity contribution in [1.82, 2.24) is 10.2 Å². The fourth-order valence-electron chi connectivity index (χ4n) is 2.29. The van der Waals surface area contributed by atoms with Crippen LogP contribution in [0.3, 0.4) is 0 Å². The summed E-state index contributed by atoms with van der Waals surface area (Å²) < 4.78 is 10.3. The minimum Gasteiger partial charge on any atom is -0.479 e. The van der Waals surface area contributed by atoms with E-state index in [-0.39, 0.29) is 33.2 Å². The second kappa shape index (κ2) is 12.0. The summed E-state index contributed by atoms with van der Waals surface area (Å²) >= 11 is 6.06. The summed E-state index contributed by atoms with van der Waals surface area (Å²) in [4.78, 5) is 37.2. The van der Waals surface area contributed by atoms with Crippen LogP contribution in [-0.4, -0.2) is 60.9 Å². The number of primary amides is 1. The van der Waals surface area contributed by atoms with E-state index in [1.807, 2.05) is 13.8 Å². The van der Waals surface area contributed by atoms with Gasteiger partial charge in [0.25, 0.3) is 11.8 Å². The number of nitrogen functional groups attached to an aromatic ring is 1. The van der Waals surface area contributed by atoms with Gasteiger partial charge in [-0.2, -0.15) is 0 Å². The first-order valence-electron chi connectivity index (χ1n) is 8.43. The molecule has 0 spiro atoms. The number of anilines is 1. The van der Waals surface area contributed by atoms with E-state index in [1.165, 1.54) is 6.07 Å². The monoisotopic (exact) mass is 418 g/mol. The van der Waals surface area contributed by atoms with Gasteiger partial charge in [-0.05, 0) is 19.2 Å². The Morgan fingerprint density at radius 2 is 1.82 bits per heavy atom. The van der Waals surface area contributed by atoms with Crippen LogP contribution in [-0.2, 0) is 9.59 Å². The molecule has 10 nitrogen and oxygen atoms in total. The number of nitrogens with two attached hydrogens (primary N) is 2. The van der Waals surface area contributed by atoms with E-state index >= 15 is 0 Å². The van der Waals surface area contributed by atoms with Gasteiger partial charge in [-0.25, -0.2) is 0 Å². The molecule has 158 valence electrons. The number of esters is 1. The normalized spacial score (nSPS) is 10.2. The second-order valence-corrected chi connectivity index (χ2v) is 6.02. The van der Waals surface area contributed by atoms with Crippen LogP contribution in [0.5, 0.6) is 11.5 Å². The lowest BCUT2D eigenvalue weighted by Gasteiger charge is -2.19. The molecule has 0 saturated carbocycles. The molecule has 28 heavy (non-hydrogen) atoms. The first-order valence-corrected chi connectivity index (χ1v) is 8.81. The second-order valence-electron chi connectivity index (χ2n) is 5.61. The summed E-state index contributed by atoms with van der Waals surface area (Å²) in [6.45, 7) is 7.39. The van der Waals surface area contributed by atoms with Gasteiger partial charge in [0, 0.05) is 20.0 Å². The van der Waals surface area contributed by atoms with Crippen LogP contribution in [0.15, 0.2) is 6.07 Å². The van der Waals surface area contributed by atoms with Crippen molar-refractivity contribution in [3.63, 3.8) is 0 Å². The smallest absolute Gasteiger partial charge is 0.308 e. The van der Waals surface area contributed by atoms with Crippen LogP contribution in [0, 0.1) is 0 Å². The van der Waals surface area contributed by atoms with E-state index < -0.39 is 24.4 Å². The van der Waals surface area contributed by atoms with Gasteiger partial charge in [0.1, 0.15) is 0 Å². The summed E-state index contributed by atoms with van der Waals surface area (Å²) in [5.41, 5.74) is 10.8. The van der Waals surface area contributed by atoms with Crippen molar-refractivity contribution in [2.24, 2.45) is 5.73 Å². The number of carbonyl (C=O) groups excluding carboxylic acids is 3. The van der Waals surface area contributed by atoms with Gasteiger partial charge in [0.2, 0.25) is 0 Å². The summed E-state index contributed by atoms with van der Waals surface area (Å²) in [5.74, 6) is -2.39. The Balaban J connectivity index is 0.00000729. The van der Waals surface area contributed by atoms with Crippen LogP contribution in [0.4, 0.5) is 5.69 Å². The highest BCUT2D eigenvalue weighted by atomic mass is 35.5. The first kappa shape index (κ1) is 25.4. The highest BCUT2D eigenvalue weighted by molar-refractivity contribution is 6.34. The van der Waals surface area contributed by atoms with E-state index in [4.69, 9.17) is 32.5 Å². The third-order valence-electron chi connectivity index (χ3n) is 3.68. The molecular weight excluding hydrogens is 392 g/mol. The molecule has 0 unspecified atom stereocenters. The van der Waals surface area contributed by atoms with Crippen LogP contribution in [0.25, 0.3) is 0 Å². The Morgan fingerprint density at radius 1 is 1.21 bits per heavy atom. The van der Waals surface area contributed by atoms with Crippen molar-refractivity contribution < 1.29 is 29.3 Å². The number of halogens is 1. The number of likely N-dealkylation sites (N-methyl/N-ethyl adjacent to an activating group) is 1. The first-order chi connectivity index (χ1) is 12.7. The molecule has 0 heterocycles. The Morgan fingerprint density at radius 3 is 2.32 bits per heavy atom. The van der Waals surface area contributed by atoms with E-state index in [1.54, 1.807) is 0 Å². The number of ether oxygens (including phenoxy) is 2. The molecule has 0 saturated heterocycles. The third kappa shape index (κ3) is 7.22. The maximum absolute atomic E-state index is 12.6. The van der Waals surface area contributed by atoms with Gasteiger partial charge >= 0.3 is 5.97 Å². The van der Waals surface area contributed by atoms with Crippen LogP contribution in [0.1, 0.15) is 31.1 Å². The van der Waals surface area contributed by atoms with Gasteiger partial charge in [-0.15, -0.1) is 0 Å². The summed E-state index contributed by atoms with van der Waals surface area (Å²) in [6.07, 6.45) is 0. The summed E-state index contributed by atoms with van der Waals surface area (Å²) in [6, 6.07) is 1.28. The van der Waals surface area contributed by atoms with Crippen LogP contribution in [0.2, 0.25) is 5.02 Å². The summed E-state index contributed by atoms with van der Waals surface area (Å²) in [7, 11) is 0. The lowest BCUT2D eigenvalue weighted by Crippen LogP contribution is -2.35. The van der Waals surface area contributed by atoms with E-state index in [0.717, 1.165) is 20.0 Å². The topological polar surface area (TPSA) is 168 Å². The molecular formula is C17H27ClN4O6. The van der Waals surface area contributed by atoms with Gasteiger partial charge in [-0.3, -0.25) is 14.4 Å². The fraction of sp³-hybridized carbons (Fsp3) is 0.471. The van der Waals surface area contributed by atoms with Crippen LogP contribution >= 0.6 is 11.6 Å². The Hall–Kier alpha value is -2.56. The molecule has 0 aliphatic carbocycles. The van der Waals surface area contributed by atoms with E-state index in [0.29, 0.717) is 13.1 Å². The molecule has 0 fully saturated rings. The largest absolute Gasteiger partial charge is 0.479 e. The van der Waals surface area contributed by atoms with Gasteiger partial charge in [0.15, 0.2) is 18.1 Å². The molecule has 7 N–H and O–H groups in total. The standard InChI is InChI=1S/C17H25ClN4O5.H2O/c1-4-22(5-2)7-6-21-17(25)11-8-12(18)14(20)16(27-10(3)23)15(11)26-9-13(19)24;/h8H,4-7,9,20H2,1-3H3,(H2,19,24)(H,21,25);1H2. The van der Waals surface area contributed by atoms with Crippen molar-refractivity contribution in [2.75, 3.05) is 38.5 Å². The quantitative estimate of drug-likeness (QED) is 0.272. The fourth-order valence-corrected chi connectivity index (χ4v) is 2.48. The lowest BCUT2D eigenvalue weighted by atomic mass is 10.1. The molecule has 1 aromatic rings. The zero-order valence-electron chi connectivity index (χ0n) is 16.1. The molecule has 1 aromatic carbocycles. The van der Waals surface area contributed by atoms with E-state index in [2.05, 4.69) is 10.2 Å². The zero-order chi connectivity index (χ0) is 20.6. The highest BCUT2D eigenvalue weighted by Gasteiger charge is 2.24. The number of carbonyl (C=O) groups is 3. The molecule has 0 aliphatic heterocycles. The number of benzene rings is 1. The average Bonchev–Trinajstić information content (AvgIpc) is 2.60. The Kier molecular flexibility index (Phi) is 10.9. The lowest BCUT2D eigenvalue weighted by molar-refractivity contribution is -0.131. The highest BCUT2D eigenvalue weighted by Crippen LogP contribution is 2.42. The van der Waals surface area contributed by atoms with Gasteiger partial charge in [0.05, 0.1) is 16.3 Å². The average molecular weight is 419 g/mol. The number of hydrogen-bond acceptors (Lipinski definition) is 7. The molecule has 0 aromatic heterocycles. The predicted molar refractivity (Wildman–Crippen MR) is 106 cm³/mol. The Labute approximate surface area is 168 Å². The molecule has 0 radical (unpaired) electrons. The van der Waals surface area contributed by atoms with Gasteiger partial charge < -0.3 is 36.6 Å². The molecule has 0 aliphatic rings. The zero-order valence-corrected chi connectivity index (χ0v) is 16.9. The molecule has 2 amide bonds.